The van der Waals surface area contributed by atoms with Gasteiger partial charge < -0.3 is 11.1 Å². The molecule has 14 heavy (non-hydrogen) atoms. The summed E-state index contributed by atoms with van der Waals surface area (Å²) in [4.78, 5) is 11.6. The Kier molecular flexibility index (Phi) is 3.11. The van der Waals surface area contributed by atoms with Crippen molar-refractivity contribution in [3.8, 4) is 0 Å². The molecule has 0 bridgehead atoms. The molecule has 78 valence electrons. The second-order valence-electron chi connectivity index (χ2n) is 3.41. The zero-order valence-corrected chi connectivity index (χ0v) is 8.74. The molecular weight excluding hydrogens is 180 g/mol. The predicted octanol–water partition coefficient (Wildman–Crippen LogP) is 0.623. The molecule has 1 heterocycles. The smallest absolute Gasteiger partial charge is 0.256 e. The molecule has 0 spiro atoms. The summed E-state index contributed by atoms with van der Waals surface area (Å²) in [5, 5.41) is 6.76. The third kappa shape index (κ3) is 2.25. The Hall–Kier alpha value is -1.52. The zero-order chi connectivity index (χ0) is 10.7. The van der Waals surface area contributed by atoms with Crippen molar-refractivity contribution in [2.75, 3.05) is 5.73 Å². The van der Waals surface area contributed by atoms with Crippen LogP contribution in [0.5, 0.6) is 0 Å². The van der Waals surface area contributed by atoms with Crippen molar-refractivity contribution >= 4 is 11.7 Å². The Labute approximate surface area is 83.3 Å². The fourth-order valence-electron chi connectivity index (χ4n) is 1.11. The van der Waals surface area contributed by atoms with E-state index in [-0.39, 0.29) is 17.8 Å². The van der Waals surface area contributed by atoms with Gasteiger partial charge in [0.05, 0.1) is 0 Å². The van der Waals surface area contributed by atoms with Crippen molar-refractivity contribution in [1.29, 1.82) is 0 Å². The summed E-state index contributed by atoms with van der Waals surface area (Å²) in [7, 11) is 0. The highest BCUT2D eigenvalue weighted by Gasteiger charge is 2.13. The number of nitrogens with two attached hydrogens (primary N) is 1. The first-order valence-electron chi connectivity index (χ1n) is 4.68. The predicted molar refractivity (Wildman–Crippen MR) is 54.9 cm³/mol. The van der Waals surface area contributed by atoms with E-state index in [0.29, 0.717) is 12.1 Å². The number of carbonyl (C=O) groups excluding carboxylic acids is 1. The van der Waals surface area contributed by atoms with Gasteiger partial charge in [-0.15, -0.1) is 0 Å². The zero-order valence-electron chi connectivity index (χ0n) is 8.74. The Morgan fingerprint density at radius 2 is 2.36 bits per heavy atom. The minimum atomic E-state index is -0.169. The summed E-state index contributed by atoms with van der Waals surface area (Å²) >= 11 is 0. The summed E-state index contributed by atoms with van der Waals surface area (Å²) < 4.78 is 1.64. The quantitative estimate of drug-likeness (QED) is 0.744. The third-order valence-electron chi connectivity index (χ3n) is 1.78. The number of hydrogen-bond acceptors (Lipinski definition) is 3. The molecule has 1 aromatic heterocycles. The molecule has 0 aliphatic heterocycles. The van der Waals surface area contributed by atoms with E-state index >= 15 is 0 Å². The van der Waals surface area contributed by atoms with Crippen LogP contribution in [0, 0.1) is 0 Å². The van der Waals surface area contributed by atoms with Crippen LogP contribution in [-0.2, 0) is 6.54 Å². The molecule has 5 heteroatoms. The van der Waals surface area contributed by atoms with Gasteiger partial charge in [-0.3, -0.25) is 9.48 Å². The van der Waals surface area contributed by atoms with Crippen LogP contribution in [0.2, 0.25) is 0 Å². The molecule has 0 unspecified atom stereocenters. The fourth-order valence-corrected chi connectivity index (χ4v) is 1.11. The number of rotatable bonds is 3. The Balaban J connectivity index is 2.84. The van der Waals surface area contributed by atoms with Crippen LogP contribution >= 0.6 is 0 Å². The number of nitrogen functional groups attached to an aromatic ring is 1. The summed E-state index contributed by atoms with van der Waals surface area (Å²) in [5.74, 6) is 0.113. The number of anilines is 1. The van der Waals surface area contributed by atoms with Gasteiger partial charge in [0.15, 0.2) is 5.82 Å². The molecule has 0 saturated carbocycles. The molecule has 0 radical (unpaired) electrons. The summed E-state index contributed by atoms with van der Waals surface area (Å²) in [6.45, 7) is 6.45. The van der Waals surface area contributed by atoms with Crippen molar-refractivity contribution in [2.24, 2.45) is 0 Å². The van der Waals surface area contributed by atoms with Gasteiger partial charge in [-0.1, -0.05) is 0 Å². The van der Waals surface area contributed by atoms with Crippen molar-refractivity contribution < 1.29 is 4.79 Å². The van der Waals surface area contributed by atoms with Crippen LogP contribution in [0.1, 0.15) is 31.1 Å². The number of amides is 1. The van der Waals surface area contributed by atoms with Gasteiger partial charge in [0.2, 0.25) is 0 Å². The Morgan fingerprint density at radius 1 is 1.71 bits per heavy atom. The van der Waals surface area contributed by atoms with E-state index < -0.39 is 0 Å². The molecule has 0 saturated heterocycles. The molecule has 0 aliphatic carbocycles. The highest BCUT2D eigenvalue weighted by Crippen LogP contribution is 2.08. The number of nitrogens with one attached hydrogen (secondary N) is 1. The molecule has 0 aliphatic rings. The molecular formula is C9H16N4O. The normalized spacial score (nSPS) is 10.6. The molecule has 0 fully saturated rings. The monoisotopic (exact) mass is 196 g/mol. The van der Waals surface area contributed by atoms with Crippen LogP contribution in [0.25, 0.3) is 0 Å². The molecule has 1 rings (SSSR count). The van der Waals surface area contributed by atoms with Gasteiger partial charge in [0.25, 0.3) is 5.91 Å². The van der Waals surface area contributed by atoms with E-state index in [1.54, 1.807) is 10.9 Å². The van der Waals surface area contributed by atoms with Crippen LogP contribution < -0.4 is 11.1 Å². The van der Waals surface area contributed by atoms with Crippen molar-refractivity contribution in [1.82, 2.24) is 15.1 Å². The van der Waals surface area contributed by atoms with E-state index in [0.717, 1.165) is 0 Å². The van der Waals surface area contributed by atoms with Gasteiger partial charge in [0.1, 0.15) is 5.56 Å². The Bertz CT molecular complexity index is 330. The van der Waals surface area contributed by atoms with E-state index in [1.807, 2.05) is 20.8 Å². The molecule has 0 atom stereocenters. The molecule has 3 N–H and O–H groups in total. The molecule has 1 aromatic rings. The first-order valence-corrected chi connectivity index (χ1v) is 4.68. The lowest BCUT2D eigenvalue weighted by Gasteiger charge is -2.06. The summed E-state index contributed by atoms with van der Waals surface area (Å²) in [6, 6.07) is 0.104. The summed E-state index contributed by atoms with van der Waals surface area (Å²) in [6.07, 6.45) is 1.66. The first-order chi connectivity index (χ1) is 6.54. The molecule has 5 nitrogen and oxygen atoms in total. The molecule has 1 amide bonds. The Morgan fingerprint density at radius 3 is 2.79 bits per heavy atom. The van der Waals surface area contributed by atoms with Crippen molar-refractivity contribution in [3.05, 3.63) is 11.8 Å². The molecule has 0 aromatic carbocycles. The van der Waals surface area contributed by atoms with Crippen molar-refractivity contribution in [2.45, 2.75) is 33.4 Å². The SMILES string of the molecule is CCn1cc(C(=O)NC(C)C)c(N)n1. The topological polar surface area (TPSA) is 72.9 Å². The van der Waals surface area contributed by atoms with Crippen molar-refractivity contribution in [3.63, 3.8) is 0 Å². The van der Waals surface area contributed by atoms with Gasteiger partial charge in [-0.05, 0) is 20.8 Å². The lowest BCUT2D eigenvalue weighted by Crippen LogP contribution is -2.30. The van der Waals surface area contributed by atoms with E-state index in [4.69, 9.17) is 5.73 Å². The third-order valence-corrected chi connectivity index (χ3v) is 1.78. The number of carbonyl (C=O) groups is 1. The van der Waals surface area contributed by atoms with Gasteiger partial charge in [-0.25, -0.2) is 0 Å². The number of aromatic nitrogens is 2. The standard InChI is InChI=1S/C9H16N4O/c1-4-13-5-7(8(10)12-13)9(14)11-6(2)3/h5-6H,4H2,1-3H3,(H2,10,12)(H,11,14). The highest BCUT2D eigenvalue weighted by molar-refractivity contribution is 5.98. The average molecular weight is 196 g/mol. The minimum absolute atomic E-state index is 0.104. The van der Waals surface area contributed by atoms with Crippen LogP contribution in [0.15, 0.2) is 6.20 Å². The maximum Gasteiger partial charge on any atom is 0.256 e. The van der Waals surface area contributed by atoms with Gasteiger partial charge in [0, 0.05) is 18.8 Å². The average Bonchev–Trinajstić information content (AvgIpc) is 2.45. The highest BCUT2D eigenvalue weighted by atomic mass is 16.1. The largest absolute Gasteiger partial charge is 0.382 e. The maximum atomic E-state index is 11.6. The maximum absolute atomic E-state index is 11.6. The number of nitrogens with zero attached hydrogens (tertiary/aromatic N) is 2. The second kappa shape index (κ2) is 4.13. The first kappa shape index (κ1) is 10.6. The van der Waals surface area contributed by atoms with Crippen LogP contribution in [0.4, 0.5) is 5.82 Å². The van der Waals surface area contributed by atoms with Gasteiger partial charge >= 0.3 is 0 Å². The number of aryl methyl sites for hydroxylation is 1. The lowest BCUT2D eigenvalue weighted by atomic mass is 10.3. The van der Waals surface area contributed by atoms with E-state index in [9.17, 15) is 4.79 Å². The van der Waals surface area contributed by atoms with Crippen LogP contribution in [-0.4, -0.2) is 21.7 Å². The van der Waals surface area contributed by atoms with E-state index in [1.165, 1.54) is 0 Å². The van der Waals surface area contributed by atoms with Gasteiger partial charge in [-0.2, -0.15) is 5.10 Å². The van der Waals surface area contributed by atoms with Crippen LogP contribution in [0.3, 0.4) is 0 Å². The lowest BCUT2D eigenvalue weighted by molar-refractivity contribution is 0.0944. The number of hydrogen-bond donors (Lipinski definition) is 2. The summed E-state index contributed by atoms with van der Waals surface area (Å²) in [5.41, 5.74) is 6.05. The fraction of sp³-hybridized carbons (Fsp3) is 0.556. The van der Waals surface area contributed by atoms with E-state index in [2.05, 4.69) is 10.4 Å². The second-order valence-corrected chi connectivity index (χ2v) is 3.41. The minimum Gasteiger partial charge on any atom is -0.382 e.